The highest BCUT2D eigenvalue weighted by atomic mass is 16.5. The van der Waals surface area contributed by atoms with Gasteiger partial charge in [-0.25, -0.2) is 4.79 Å². The Kier molecular flexibility index (Phi) is 9.70. The molecule has 0 heterocycles. The second-order valence-corrected chi connectivity index (χ2v) is 8.64. The lowest BCUT2D eigenvalue weighted by molar-refractivity contribution is 0.0694. The van der Waals surface area contributed by atoms with E-state index in [1.165, 1.54) is 43.7 Å². The van der Waals surface area contributed by atoms with Crippen LogP contribution in [-0.2, 0) is 6.42 Å². The second kappa shape index (κ2) is 12.2. The quantitative estimate of drug-likeness (QED) is 0.217. The summed E-state index contributed by atoms with van der Waals surface area (Å²) in [5.41, 5.74) is 4.05. The molecule has 0 spiro atoms. The monoisotopic (exact) mass is 436 g/mol. The van der Waals surface area contributed by atoms with Gasteiger partial charge in [-0.15, -0.1) is 0 Å². The van der Waals surface area contributed by atoms with E-state index in [1.54, 1.807) is 26.0 Å². The third-order valence-electron chi connectivity index (χ3n) is 5.53. The lowest BCUT2D eigenvalue weighted by atomic mass is 9.96. The number of benzene rings is 2. The molecule has 0 saturated carbocycles. The van der Waals surface area contributed by atoms with Crippen molar-refractivity contribution in [1.29, 1.82) is 0 Å². The van der Waals surface area contributed by atoms with Gasteiger partial charge < -0.3 is 9.84 Å². The Labute approximate surface area is 192 Å². The second-order valence-electron chi connectivity index (χ2n) is 8.64. The first-order chi connectivity index (χ1) is 15.2. The highest BCUT2D eigenvalue weighted by molar-refractivity contribution is 6.07. The lowest BCUT2D eigenvalue weighted by Crippen LogP contribution is -2.12. The molecule has 0 aliphatic heterocycles. The molecule has 2 aromatic carbocycles. The maximum Gasteiger partial charge on any atom is 0.336 e. The zero-order chi connectivity index (χ0) is 23.7. The van der Waals surface area contributed by atoms with Crippen LogP contribution in [0.5, 0.6) is 5.75 Å². The van der Waals surface area contributed by atoms with Gasteiger partial charge in [0, 0.05) is 16.7 Å². The summed E-state index contributed by atoms with van der Waals surface area (Å²) in [5, 5.41) is 9.55. The number of aryl methyl sites for hydroxylation is 2. The van der Waals surface area contributed by atoms with Gasteiger partial charge in [0.1, 0.15) is 5.75 Å². The molecule has 0 bridgehead atoms. The summed E-state index contributed by atoms with van der Waals surface area (Å²) in [6.45, 7) is 9.51. The fourth-order valence-corrected chi connectivity index (χ4v) is 3.87. The molecule has 4 nitrogen and oxygen atoms in total. The number of aromatic carboxylic acids is 1. The van der Waals surface area contributed by atoms with Crippen LogP contribution in [0.2, 0.25) is 0 Å². The summed E-state index contributed by atoms with van der Waals surface area (Å²) in [5.74, 6) is -0.566. The van der Waals surface area contributed by atoms with Crippen LogP contribution in [0.3, 0.4) is 0 Å². The maximum absolute atomic E-state index is 12.7. The topological polar surface area (TPSA) is 63.6 Å². The van der Waals surface area contributed by atoms with Crippen LogP contribution < -0.4 is 4.74 Å². The lowest BCUT2D eigenvalue weighted by Gasteiger charge is -2.18. The number of hydrogen-bond donors (Lipinski definition) is 1. The summed E-state index contributed by atoms with van der Waals surface area (Å²) in [6.07, 6.45) is 10.4. The van der Waals surface area contributed by atoms with Gasteiger partial charge in [-0.05, 0) is 69.9 Å². The van der Waals surface area contributed by atoms with E-state index in [1.807, 2.05) is 38.1 Å². The van der Waals surface area contributed by atoms with Crippen molar-refractivity contribution in [2.45, 2.75) is 79.2 Å². The fourth-order valence-electron chi connectivity index (χ4n) is 3.87. The van der Waals surface area contributed by atoms with Crippen molar-refractivity contribution < 1.29 is 19.4 Å². The predicted molar refractivity (Wildman–Crippen MR) is 131 cm³/mol. The Balaban J connectivity index is 2.16. The number of carbonyl (C=O) groups excluding carboxylic acids is 1. The summed E-state index contributed by atoms with van der Waals surface area (Å²) in [7, 11) is 0. The Bertz CT molecular complexity index is 952. The Morgan fingerprint density at radius 2 is 1.69 bits per heavy atom. The standard InChI is InChI=1S/C28H36O4/c1-6-7-8-9-10-11-22-12-14-23(15-13-22)25(29)17-16-24-18-20(4)26(28(30)31)21(5)27(24)32-19(2)3/h12-19H,6-11H2,1-5H3,(H,30,31)/b17-16+. The van der Waals surface area contributed by atoms with E-state index in [0.717, 1.165) is 6.42 Å². The number of allylic oxidation sites excluding steroid dienone is 1. The van der Waals surface area contributed by atoms with E-state index in [4.69, 9.17) is 4.74 Å². The number of carboxylic acid groups (broad SMARTS) is 1. The first-order valence-corrected chi connectivity index (χ1v) is 11.6. The van der Waals surface area contributed by atoms with E-state index in [2.05, 4.69) is 6.92 Å². The van der Waals surface area contributed by atoms with Crippen molar-refractivity contribution in [3.05, 3.63) is 69.8 Å². The first-order valence-electron chi connectivity index (χ1n) is 11.6. The number of carboxylic acids is 1. The zero-order valence-corrected chi connectivity index (χ0v) is 20.0. The molecule has 172 valence electrons. The number of hydrogen-bond acceptors (Lipinski definition) is 3. The SMILES string of the molecule is CCCCCCCc1ccc(C(=O)/C=C/c2cc(C)c(C(=O)O)c(C)c2OC(C)C)cc1. The van der Waals surface area contributed by atoms with Crippen LogP contribution in [0.1, 0.15) is 95.8 Å². The smallest absolute Gasteiger partial charge is 0.336 e. The van der Waals surface area contributed by atoms with Crippen LogP contribution >= 0.6 is 0 Å². The normalized spacial score (nSPS) is 11.3. The molecule has 0 unspecified atom stereocenters. The van der Waals surface area contributed by atoms with Crippen LogP contribution in [0.4, 0.5) is 0 Å². The largest absolute Gasteiger partial charge is 0.490 e. The molecular weight excluding hydrogens is 400 g/mol. The number of ether oxygens (including phenoxy) is 1. The van der Waals surface area contributed by atoms with Crippen molar-refractivity contribution in [2.24, 2.45) is 0 Å². The third-order valence-corrected chi connectivity index (χ3v) is 5.53. The Morgan fingerprint density at radius 1 is 1.03 bits per heavy atom. The van der Waals surface area contributed by atoms with Gasteiger partial charge in [0.2, 0.25) is 0 Å². The third kappa shape index (κ3) is 7.08. The summed E-state index contributed by atoms with van der Waals surface area (Å²) in [6, 6.07) is 9.58. The van der Waals surface area contributed by atoms with Gasteiger partial charge >= 0.3 is 5.97 Å². The molecule has 0 aliphatic rings. The van der Waals surface area contributed by atoms with Crippen molar-refractivity contribution in [3.8, 4) is 5.75 Å². The van der Waals surface area contributed by atoms with Crippen LogP contribution in [0.15, 0.2) is 36.4 Å². The summed E-state index contributed by atoms with van der Waals surface area (Å²) < 4.78 is 5.91. The van der Waals surface area contributed by atoms with Gasteiger partial charge in [0.25, 0.3) is 0 Å². The van der Waals surface area contributed by atoms with E-state index in [0.29, 0.717) is 28.0 Å². The molecule has 0 fully saturated rings. The van der Waals surface area contributed by atoms with E-state index >= 15 is 0 Å². The molecule has 0 aliphatic carbocycles. The molecule has 0 amide bonds. The summed E-state index contributed by atoms with van der Waals surface area (Å²) in [4.78, 5) is 24.4. The molecule has 32 heavy (non-hydrogen) atoms. The fraction of sp³-hybridized carbons (Fsp3) is 0.429. The van der Waals surface area contributed by atoms with Gasteiger partial charge in [-0.3, -0.25) is 4.79 Å². The molecule has 1 N–H and O–H groups in total. The average molecular weight is 437 g/mol. The van der Waals surface area contributed by atoms with Gasteiger partial charge in [-0.2, -0.15) is 0 Å². The van der Waals surface area contributed by atoms with Crippen LogP contribution in [0, 0.1) is 13.8 Å². The van der Waals surface area contributed by atoms with E-state index < -0.39 is 5.97 Å². The minimum absolute atomic E-state index is 0.0902. The maximum atomic E-state index is 12.7. The van der Waals surface area contributed by atoms with Crippen molar-refractivity contribution in [1.82, 2.24) is 0 Å². The van der Waals surface area contributed by atoms with E-state index in [9.17, 15) is 14.7 Å². The predicted octanol–water partition coefficient (Wildman–Crippen LogP) is 7.20. The molecule has 0 aromatic heterocycles. The highest BCUT2D eigenvalue weighted by Gasteiger charge is 2.19. The molecular formula is C28H36O4. The molecule has 0 radical (unpaired) electrons. The van der Waals surface area contributed by atoms with Crippen molar-refractivity contribution in [2.75, 3.05) is 0 Å². The van der Waals surface area contributed by atoms with Gasteiger partial charge in [0.15, 0.2) is 5.78 Å². The minimum atomic E-state index is -0.981. The Hall–Kier alpha value is -2.88. The summed E-state index contributed by atoms with van der Waals surface area (Å²) >= 11 is 0. The van der Waals surface area contributed by atoms with Crippen LogP contribution in [-0.4, -0.2) is 23.0 Å². The molecule has 4 heteroatoms. The number of ketones is 1. The highest BCUT2D eigenvalue weighted by Crippen LogP contribution is 2.31. The molecule has 2 rings (SSSR count). The number of unbranched alkanes of at least 4 members (excludes halogenated alkanes) is 4. The first kappa shape index (κ1) is 25.4. The number of carbonyl (C=O) groups is 2. The number of rotatable bonds is 12. The average Bonchev–Trinajstić information content (AvgIpc) is 2.74. The van der Waals surface area contributed by atoms with Crippen molar-refractivity contribution in [3.63, 3.8) is 0 Å². The molecule has 0 saturated heterocycles. The van der Waals surface area contributed by atoms with Gasteiger partial charge in [0.05, 0.1) is 11.7 Å². The minimum Gasteiger partial charge on any atom is -0.490 e. The zero-order valence-electron chi connectivity index (χ0n) is 20.0. The van der Waals surface area contributed by atoms with Gasteiger partial charge in [-0.1, -0.05) is 56.9 Å². The van der Waals surface area contributed by atoms with Crippen molar-refractivity contribution >= 4 is 17.8 Å². The Morgan fingerprint density at radius 3 is 2.28 bits per heavy atom. The van der Waals surface area contributed by atoms with E-state index in [-0.39, 0.29) is 17.5 Å². The molecule has 0 atom stereocenters. The molecule has 2 aromatic rings. The van der Waals surface area contributed by atoms with Crippen LogP contribution in [0.25, 0.3) is 6.08 Å².